The summed E-state index contributed by atoms with van der Waals surface area (Å²) in [5, 5.41) is 5.23. The fourth-order valence-corrected chi connectivity index (χ4v) is 2.90. The summed E-state index contributed by atoms with van der Waals surface area (Å²) in [6, 6.07) is 22.3. The van der Waals surface area contributed by atoms with Gasteiger partial charge in [-0.2, -0.15) is 0 Å². The van der Waals surface area contributed by atoms with Crippen molar-refractivity contribution in [2.75, 3.05) is 18.9 Å². The van der Waals surface area contributed by atoms with E-state index in [1.54, 1.807) is 0 Å². The van der Waals surface area contributed by atoms with Gasteiger partial charge < -0.3 is 5.32 Å². The molecule has 1 amide bonds. The Hall–Kier alpha value is -2.65. The van der Waals surface area contributed by atoms with Gasteiger partial charge in [-0.1, -0.05) is 60.7 Å². The minimum atomic E-state index is 0.00226. The van der Waals surface area contributed by atoms with Crippen molar-refractivity contribution in [1.29, 1.82) is 0 Å². The lowest BCUT2D eigenvalue weighted by Gasteiger charge is -2.18. The zero-order chi connectivity index (χ0) is 16.9. The number of aryl methyl sites for hydroxylation is 1. The maximum atomic E-state index is 12.4. The molecular formula is C21H22N2O. The lowest BCUT2D eigenvalue weighted by Crippen LogP contribution is -2.30. The second-order valence-electron chi connectivity index (χ2n) is 6.17. The van der Waals surface area contributed by atoms with Crippen LogP contribution in [0.15, 0.2) is 66.7 Å². The Labute approximate surface area is 142 Å². The van der Waals surface area contributed by atoms with Crippen LogP contribution in [0.25, 0.3) is 10.8 Å². The first-order chi connectivity index (χ1) is 11.6. The molecule has 0 spiro atoms. The van der Waals surface area contributed by atoms with Crippen molar-refractivity contribution in [3.05, 3.63) is 77.9 Å². The summed E-state index contributed by atoms with van der Waals surface area (Å²) in [4.78, 5) is 14.4. The van der Waals surface area contributed by atoms with Crippen LogP contribution in [0, 0.1) is 6.92 Å². The summed E-state index contributed by atoms with van der Waals surface area (Å²) >= 11 is 0. The highest BCUT2D eigenvalue weighted by Gasteiger charge is 2.10. The fraction of sp³-hybridized carbons (Fsp3) is 0.190. The van der Waals surface area contributed by atoms with Gasteiger partial charge in [-0.3, -0.25) is 9.69 Å². The second kappa shape index (κ2) is 7.28. The molecule has 0 unspecified atom stereocenters. The minimum absolute atomic E-state index is 0.00226. The topological polar surface area (TPSA) is 32.3 Å². The summed E-state index contributed by atoms with van der Waals surface area (Å²) < 4.78 is 0. The zero-order valence-corrected chi connectivity index (χ0v) is 14.1. The normalized spacial score (nSPS) is 11.0. The SMILES string of the molecule is Cc1ccccc1CN(C)CC(=O)Nc1cccc2ccccc12. The van der Waals surface area contributed by atoms with E-state index in [1.165, 1.54) is 11.1 Å². The first-order valence-corrected chi connectivity index (χ1v) is 8.14. The van der Waals surface area contributed by atoms with E-state index in [9.17, 15) is 4.79 Å². The maximum Gasteiger partial charge on any atom is 0.238 e. The van der Waals surface area contributed by atoms with Gasteiger partial charge in [-0.05, 0) is 36.6 Å². The Bertz CT molecular complexity index is 852. The van der Waals surface area contributed by atoms with Crippen molar-refractivity contribution in [2.45, 2.75) is 13.5 Å². The monoisotopic (exact) mass is 318 g/mol. The van der Waals surface area contributed by atoms with Crippen molar-refractivity contribution >= 4 is 22.4 Å². The van der Waals surface area contributed by atoms with E-state index in [1.807, 2.05) is 54.4 Å². The number of amides is 1. The Morgan fingerprint density at radius 2 is 1.67 bits per heavy atom. The smallest absolute Gasteiger partial charge is 0.238 e. The van der Waals surface area contributed by atoms with E-state index < -0.39 is 0 Å². The molecule has 0 fully saturated rings. The van der Waals surface area contributed by atoms with Crippen molar-refractivity contribution in [2.24, 2.45) is 0 Å². The van der Waals surface area contributed by atoms with Crippen LogP contribution in [-0.2, 0) is 11.3 Å². The molecule has 0 aliphatic rings. The molecule has 0 aliphatic heterocycles. The highest BCUT2D eigenvalue weighted by molar-refractivity contribution is 6.02. The third-order valence-electron chi connectivity index (χ3n) is 4.18. The van der Waals surface area contributed by atoms with E-state index >= 15 is 0 Å². The number of fused-ring (bicyclic) bond motifs is 1. The quantitative estimate of drug-likeness (QED) is 0.764. The third-order valence-corrected chi connectivity index (χ3v) is 4.18. The lowest BCUT2D eigenvalue weighted by atomic mass is 10.1. The van der Waals surface area contributed by atoms with E-state index in [2.05, 4.69) is 36.5 Å². The van der Waals surface area contributed by atoms with Gasteiger partial charge in [0, 0.05) is 17.6 Å². The average Bonchev–Trinajstić information content (AvgIpc) is 2.57. The molecule has 122 valence electrons. The van der Waals surface area contributed by atoms with Gasteiger partial charge in [-0.25, -0.2) is 0 Å². The fourth-order valence-electron chi connectivity index (χ4n) is 2.90. The Balaban J connectivity index is 1.66. The number of nitrogens with zero attached hydrogens (tertiary/aromatic N) is 1. The van der Waals surface area contributed by atoms with Crippen molar-refractivity contribution < 1.29 is 4.79 Å². The lowest BCUT2D eigenvalue weighted by molar-refractivity contribution is -0.117. The van der Waals surface area contributed by atoms with Crippen LogP contribution in [-0.4, -0.2) is 24.4 Å². The second-order valence-corrected chi connectivity index (χ2v) is 6.17. The minimum Gasteiger partial charge on any atom is -0.324 e. The average molecular weight is 318 g/mol. The number of carbonyl (C=O) groups is 1. The van der Waals surface area contributed by atoms with Gasteiger partial charge >= 0.3 is 0 Å². The summed E-state index contributed by atoms with van der Waals surface area (Å²) in [5.74, 6) is 0.00226. The van der Waals surface area contributed by atoms with Crippen LogP contribution < -0.4 is 5.32 Å². The predicted octanol–water partition coefficient (Wildman–Crippen LogP) is 4.22. The van der Waals surface area contributed by atoms with Gasteiger partial charge in [-0.15, -0.1) is 0 Å². The molecular weight excluding hydrogens is 296 g/mol. The molecule has 3 aromatic rings. The van der Waals surface area contributed by atoms with E-state index in [0.717, 1.165) is 23.0 Å². The number of nitrogens with one attached hydrogen (secondary N) is 1. The zero-order valence-electron chi connectivity index (χ0n) is 14.1. The number of carbonyl (C=O) groups excluding carboxylic acids is 1. The Morgan fingerprint density at radius 1 is 0.958 bits per heavy atom. The first kappa shape index (κ1) is 16.2. The standard InChI is InChI=1S/C21H22N2O/c1-16-8-3-4-10-18(16)14-23(2)15-21(24)22-20-13-7-11-17-9-5-6-12-19(17)20/h3-13H,14-15H2,1-2H3,(H,22,24). The highest BCUT2D eigenvalue weighted by atomic mass is 16.2. The third kappa shape index (κ3) is 3.81. The molecule has 0 radical (unpaired) electrons. The van der Waals surface area contributed by atoms with Gasteiger partial charge in [0.05, 0.1) is 6.54 Å². The molecule has 0 saturated carbocycles. The van der Waals surface area contributed by atoms with Crippen LogP contribution in [0.2, 0.25) is 0 Å². The van der Waals surface area contributed by atoms with Crippen molar-refractivity contribution in [3.63, 3.8) is 0 Å². The van der Waals surface area contributed by atoms with Gasteiger partial charge in [0.15, 0.2) is 0 Å². The molecule has 3 nitrogen and oxygen atoms in total. The molecule has 3 rings (SSSR count). The number of anilines is 1. The molecule has 0 bridgehead atoms. The Morgan fingerprint density at radius 3 is 2.50 bits per heavy atom. The summed E-state index contributed by atoms with van der Waals surface area (Å²) in [5.41, 5.74) is 3.36. The van der Waals surface area contributed by atoms with Crippen LogP contribution in [0.3, 0.4) is 0 Å². The van der Waals surface area contributed by atoms with E-state index in [-0.39, 0.29) is 5.91 Å². The molecule has 3 heteroatoms. The molecule has 0 heterocycles. The number of benzene rings is 3. The molecule has 0 saturated heterocycles. The first-order valence-electron chi connectivity index (χ1n) is 8.14. The maximum absolute atomic E-state index is 12.4. The van der Waals surface area contributed by atoms with E-state index in [4.69, 9.17) is 0 Å². The number of rotatable bonds is 5. The van der Waals surface area contributed by atoms with E-state index in [0.29, 0.717) is 6.54 Å². The summed E-state index contributed by atoms with van der Waals surface area (Å²) in [6.45, 7) is 3.21. The number of hydrogen-bond donors (Lipinski definition) is 1. The molecule has 3 aromatic carbocycles. The van der Waals surface area contributed by atoms with Crippen molar-refractivity contribution in [3.8, 4) is 0 Å². The predicted molar refractivity (Wildman–Crippen MR) is 100 cm³/mol. The molecule has 0 atom stereocenters. The van der Waals surface area contributed by atoms with Gasteiger partial charge in [0.25, 0.3) is 0 Å². The number of hydrogen-bond acceptors (Lipinski definition) is 2. The van der Waals surface area contributed by atoms with Crippen LogP contribution in [0.5, 0.6) is 0 Å². The highest BCUT2D eigenvalue weighted by Crippen LogP contribution is 2.22. The van der Waals surface area contributed by atoms with Gasteiger partial charge in [0.2, 0.25) is 5.91 Å². The summed E-state index contributed by atoms with van der Waals surface area (Å²) in [7, 11) is 1.97. The van der Waals surface area contributed by atoms with Gasteiger partial charge in [0.1, 0.15) is 0 Å². The molecule has 1 N–H and O–H groups in total. The largest absolute Gasteiger partial charge is 0.324 e. The van der Waals surface area contributed by atoms with Crippen LogP contribution in [0.1, 0.15) is 11.1 Å². The molecule has 0 aromatic heterocycles. The Kier molecular flexibility index (Phi) is 4.92. The van der Waals surface area contributed by atoms with Crippen molar-refractivity contribution in [1.82, 2.24) is 4.90 Å². The van der Waals surface area contributed by atoms with Crippen LogP contribution in [0.4, 0.5) is 5.69 Å². The summed E-state index contributed by atoms with van der Waals surface area (Å²) in [6.07, 6.45) is 0. The number of likely N-dealkylation sites (N-methyl/N-ethyl adjacent to an activating group) is 1. The molecule has 24 heavy (non-hydrogen) atoms. The van der Waals surface area contributed by atoms with Crippen LogP contribution >= 0.6 is 0 Å². The molecule has 0 aliphatic carbocycles.